The van der Waals surface area contributed by atoms with E-state index >= 15 is 0 Å². The van der Waals surface area contributed by atoms with Crippen molar-refractivity contribution in [3.8, 4) is 0 Å². The third-order valence-electron chi connectivity index (χ3n) is 3.54. The van der Waals surface area contributed by atoms with Crippen molar-refractivity contribution in [2.45, 2.75) is 73.1 Å². The molecule has 0 spiro atoms. The molecule has 0 atom stereocenters. The van der Waals surface area contributed by atoms with Gasteiger partial charge in [0, 0.05) is 20.2 Å². The van der Waals surface area contributed by atoms with Crippen molar-refractivity contribution >= 4 is 19.2 Å². The Kier molecular flexibility index (Phi) is 22.9. The maximum absolute atomic E-state index is 9.00. The third kappa shape index (κ3) is 28.4. The molecule has 1 N–H and O–H groups in total. The average molecular weight is 380 g/mol. The fourth-order valence-corrected chi connectivity index (χ4v) is 7.88. The average Bonchev–Trinajstić information content (AvgIpc) is 2.47. The molecule has 0 rings (SSSR count). The lowest BCUT2D eigenvalue weighted by Crippen LogP contribution is -2.23. The van der Waals surface area contributed by atoms with E-state index in [0.717, 1.165) is 13.8 Å². The Morgan fingerprint density at radius 1 is 0.880 bits per heavy atom. The van der Waals surface area contributed by atoms with Crippen LogP contribution in [0.4, 0.5) is 0 Å². The third-order valence-corrected chi connectivity index (χ3v) is 8.50. The van der Waals surface area contributed by atoms with E-state index in [1.807, 2.05) is 0 Å². The van der Waals surface area contributed by atoms with Gasteiger partial charge >= 0.3 is 0 Å². The summed E-state index contributed by atoms with van der Waals surface area (Å²) in [5, 5.41) is 16.3. The molecular weight excluding hydrogens is 337 g/mol. The van der Waals surface area contributed by atoms with Gasteiger partial charge in [0.25, 0.3) is 5.97 Å². The fourth-order valence-electron chi connectivity index (χ4n) is 2.63. The van der Waals surface area contributed by atoms with Gasteiger partial charge in [0.15, 0.2) is 0 Å². The van der Waals surface area contributed by atoms with Crippen molar-refractivity contribution in [3.63, 3.8) is 0 Å². The molecule has 0 unspecified atom stereocenters. The van der Waals surface area contributed by atoms with Crippen molar-refractivity contribution in [1.29, 1.82) is 0 Å². The molecule has 0 heterocycles. The Bertz CT molecular complexity index is 281. The number of carboxylic acids is 2. The Hall–Kier alpha value is -0.670. The number of unbranched alkanes of at least 4 members (excludes halogenated alkanes) is 3. The summed E-state index contributed by atoms with van der Waals surface area (Å²) >= 11 is 0. The number of hydrogen-bond acceptors (Lipinski definition) is 4. The summed E-state index contributed by atoms with van der Waals surface area (Å²) in [6.45, 7) is 9.07. The first-order chi connectivity index (χ1) is 11.6. The number of rotatable bonds is 11. The van der Waals surface area contributed by atoms with Crippen LogP contribution in [0.15, 0.2) is 0 Å². The number of carbonyl (C=O) groups is 2. The number of nitrogens with zero attached hydrogens (tertiary/aromatic N) is 1. The summed E-state index contributed by atoms with van der Waals surface area (Å²) in [6, 6.07) is 0. The minimum atomic E-state index is -1.08. The molecule has 0 saturated heterocycles. The van der Waals surface area contributed by atoms with Crippen LogP contribution < -0.4 is 5.11 Å². The first-order valence-electron chi connectivity index (χ1n) is 9.43. The molecular formula is C19H42NO4P. The Balaban J connectivity index is -0.000000503. The lowest BCUT2D eigenvalue weighted by atomic mass is 10.4. The molecule has 0 aromatic carbocycles. The molecule has 0 saturated carbocycles. The van der Waals surface area contributed by atoms with Gasteiger partial charge < -0.3 is 15.0 Å². The fraction of sp³-hybridized carbons (Fsp3) is 0.895. The van der Waals surface area contributed by atoms with Crippen LogP contribution in [0.2, 0.25) is 0 Å². The van der Waals surface area contributed by atoms with Crippen LogP contribution in [0.3, 0.4) is 0 Å². The lowest BCUT2D eigenvalue weighted by Gasteiger charge is -2.30. The van der Waals surface area contributed by atoms with E-state index in [2.05, 4.69) is 39.8 Å². The number of aliphatic carboxylic acids is 2. The minimum absolute atomic E-state index is 0.676. The highest BCUT2D eigenvalue weighted by Crippen LogP contribution is 2.60. The van der Waals surface area contributed by atoms with E-state index in [-0.39, 0.29) is 0 Å². The Morgan fingerprint density at radius 3 is 1.28 bits per heavy atom. The van der Waals surface area contributed by atoms with Gasteiger partial charge in [-0.05, 0) is 40.3 Å². The molecule has 0 aliphatic heterocycles. The normalized spacial score (nSPS) is 10.4. The van der Waals surface area contributed by atoms with Gasteiger partial charge in [-0.25, -0.2) is 0 Å². The van der Waals surface area contributed by atoms with Gasteiger partial charge in [0.2, 0.25) is 0 Å². The highest BCUT2D eigenvalue weighted by atomic mass is 31.2. The van der Waals surface area contributed by atoms with Crippen molar-refractivity contribution in [3.05, 3.63) is 0 Å². The van der Waals surface area contributed by atoms with Gasteiger partial charge in [-0.15, -0.1) is 0 Å². The van der Waals surface area contributed by atoms with Crippen LogP contribution in [-0.4, -0.2) is 60.8 Å². The molecule has 152 valence electrons. The largest absolute Gasteiger partial charge is 0.550 e. The number of hydrogen-bond donors (Lipinski definition) is 1. The standard InChI is InChI=1S/C15H35NP.2C2H4O2/c1-6-9-12-17(13-10-7-2,14-11-8-3)15-16(4)5;2*1-2(3)4/h6-15H2,1-5H3;2*1H3,(H,3,4)/q+1;;/p-1. The van der Waals surface area contributed by atoms with E-state index in [1.165, 1.54) is 44.8 Å². The van der Waals surface area contributed by atoms with Crippen LogP contribution in [0.5, 0.6) is 0 Å². The molecule has 5 nitrogen and oxygen atoms in total. The van der Waals surface area contributed by atoms with Gasteiger partial charge in [-0.1, -0.05) is 40.0 Å². The maximum atomic E-state index is 9.00. The van der Waals surface area contributed by atoms with Gasteiger partial charge in [-0.2, -0.15) is 0 Å². The predicted molar refractivity (Wildman–Crippen MR) is 109 cm³/mol. The summed E-state index contributed by atoms with van der Waals surface area (Å²) in [5.74, 6) is -1.92. The minimum Gasteiger partial charge on any atom is -0.550 e. The lowest BCUT2D eigenvalue weighted by molar-refractivity contribution is -0.302. The number of carbonyl (C=O) groups excluding carboxylic acids is 1. The second-order valence-corrected chi connectivity index (χ2v) is 11.1. The molecule has 0 aromatic rings. The van der Waals surface area contributed by atoms with Crippen LogP contribution in [-0.2, 0) is 9.59 Å². The topological polar surface area (TPSA) is 80.7 Å². The molecule has 25 heavy (non-hydrogen) atoms. The van der Waals surface area contributed by atoms with Crippen LogP contribution in [0, 0.1) is 0 Å². The van der Waals surface area contributed by atoms with E-state index in [0.29, 0.717) is 0 Å². The monoisotopic (exact) mass is 379 g/mol. The zero-order valence-electron chi connectivity index (χ0n) is 17.6. The molecule has 0 amide bonds. The van der Waals surface area contributed by atoms with Crippen molar-refractivity contribution in [2.75, 3.05) is 38.9 Å². The zero-order valence-corrected chi connectivity index (χ0v) is 18.5. The van der Waals surface area contributed by atoms with E-state index in [4.69, 9.17) is 19.8 Å². The molecule has 0 radical (unpaired) electrons. The molecule has 0 bridgehead atoms. The smallest absolute Gasteiger partial charge is 0.300 e. The van der Waals surface area contributed by atoms with Gasteiger partial charge in [-0.3, -0.25) is 9.69 Å². The maximum Gasteiger partial charge on any atom is 0.300 e. The van der Waals surface area contributed by atoms with E-state index in [1.54, 1.807) is 18.5 Å². The van der Waals surface area contributed by atoms with Gasteiger partial charge in [0.05, 0.1) is 18.5 Å². The molecule has 0 aliphatic carbocycles. The first kappa shape index (κ1) is 29.1. The molecule has 6 heteroatoms. The summed E-state index contributed by atoms with van der Waals surface area (Å²) in [6.07, 6.45) is 14.5. The number of carboxylic acid groups (broad SMARTS) is 2. The van der Waals surface area contributed by atoms with Gasteiger partial charge in [0.1, 0.15) is 6.29 Å². The Labute approximate surface area is 156 Å². The van der Waals surface area contributed by atoms with E-state index < -0.39 is 19.2 Å². The molecule has 0 aromatic heterocycles. The van der Waals surface area contributed by atoms with Crippen molar-refractivity contribution < 1.29 is 19.8 Å². The van der Waals surface area contributed by atoms with Crippen LogP contribution in [0.1, 0.15) is 73.1 Å². The second-order valence-electron chi connectivity index (χ2n) is 6.80. The summed E-state index contributed by atoms with van der Waals surface area (Å²) in [5.41, 5.74) is 0. The highest BCUT2D eigenvalue weighted by Gasteiger charge is 2.35. The molecule has 0 aliphatic rings. The SMILES string of the molecule is CC(=O)O.CC(=O)[O-].CCCC[P+](CCCC)(CCCC)CN(C)C. The quantitative estimate of drug-likeness (QED) is 0.553. The first-order valence-corrected chi connectivity index (χ1v) is 12.0. The van der Waals surface area contributed by atoms with Crippen LogP contribution in [0.25, 0.3) is 0 Å². The highest BCUT2D eigenvalue weighted by molar-refractivity contribution is 7.75. The zero-order chi connectivity index (χ0) is 20.3. The van der Waals surface area contributed by atoms with Crippen molar-refractivity contribution in [2.24, 2.45) is 0 Å². The van der Waals surface area contributed by atoms with E-state index in [9.17, 15) is 0 Å². The summed E-state index contributed by atoms with van der Waals surface area (Å²) in [4.78, 5) is 20.3. The Morgan fingerprint density at radius 2 is 1.12 bits per heavy atom. The summed E-state index contributed by atoms with van der Waals surface area (Å²) in [7, 11) is 3.85. The molecule has 0 fully saturated rings. The van der Waals surface area contributed by atoms with Crippen molar-refractivity contribution in [1.82, 2.24) is 4.90 Å². The van der Waals surface area contributed by atoms with Crippen LogP contribution >= 0.6 is 7.26 Å². The summed E-state index contributed by atoms with van der Waals surface area (Å²) < 4.78 is 0. The predicted octanol–water partition coefficient (Wildman–Crippen LogP) is 3.77. The second kappa shape index (κ2) is 19.7.